The zero-order valence-electron chi connectivity index (χ0n) is 13.9. The Morgan fingerprint density at radius 2 is 1.70 bits per heavy atom. The van der Waals surface area contributed by atoms with Gasteiger partial charge in [-0.2, -0.15) is 12.7 Å². The van der Waals surface area contributed by atoms with Gasteiger partial charge >= 0.3 is 10.2 Å². The number of anilines is 1. The molecule has 1 amide bonds. The van der Waals surface area contributed by atoms with Crippen LogP contribution in [0.2, 0.25) is 0 Å². The maximum Gasteiger partial charge on any atom is 0.304 e. The van der Waals surface area contributed by atoms with E-state index in [1.165, 1.54) is 26.2 Å². The number of amides is 1. The fraction of sp³-hybridized carbons (Fsp3) is 0.533. The molecular formula is C15H24FN3O3S. The average molecular weight is 345 g/mol. The Kier molecular flexibility index (Phi) is 6.96. The van der Waals surface area contributed by atoms with Gasteiger partial charge < -0.3 is 5.32 Å². The summed E-state index contributed by atoms with van der Waals surface area (Å²) in [6.45, 7) is 3.54. The van der Waals surface area contributed by atoms with E-state index in [9.17, 15) is 17.6 Å². The third-order valence-corrected chi connectivity index (χ3v) is 5.31. The second-order valence-corrected chi connectivity index (χ2v) is 7.42. The van der Waals surface area contributed by atoms with Gasteiger partial charge in [-0.1, -0.05) is 13.8 Å². The lowest BCUT2D eigenvalue weighted by Crippen LogP contribution is -2.47. The molecule has 0 aliphatic heterocycles. The predicted molar refractivity (Wildman–Crippen MR) is 88.9 cm³/mol. The van der Waals surface area contributed by atoms with Crippen LogP contribution in [0.4, 0.5) is 10.1 Å². The highest BCUT2D eigenvalue weighted by molar-refractivity contribution is 7.90. The standard InChI is InChI=1S/C15H24FN3O3S/c1-5-13(6-2)17-15(20)11-19(23(21,22)18(3)4)14-9-7-12(16)8-10-14/h7-10,13H,5-6,11H2,1-4H3,(H,17,20). The van der Waals surface area contributed by atoms with Crippen LogP contribution in [0.1, 0.15) is 26.7 Å². The lowest BCUT2D eigenvalue weighted by molar-refractivity contribution is -0.120. The zero-order chi connectivity index (χ0) is 17.6. The Hall–Kier alpha value is -1.67. The number of carbonyl (C=O) groups excluding carboxylic acids is 1. The summed E-state index contributed by atoms with van der Waals surface area (Å²) in [5.41, 5.74) is 0.236. The highest BCUT2D eigenvalue weighted by Gasteiger charge is 2.27. The van der Waals surface area contributed by atoms with Gasteiger partial charge in [-0.15, -0.1) is 0 Å². The molecule has 1 rings (SSSR count). The third-order valence-electron chi connectivity index (χ3n) is 3.49. The molecule has 1 N–H and O–H groups in total. The van der Waals surface area contributed by atoms with E-state index in [-0.39, 0.29) is 18.3 Å². The van der Waals surface area contributed by atoms with Crippen molar-refractivity contribution in [2.24, 2.45) is 0 Å². The van der Waals surface area contributed by atoms with Crippen molar-refractivity contribution in [3.05, 3.63) is 30.1 Å². The maximum absolute atomic E-state index is 13.1. The minimum atomic E-state index is -3.87. The molecule has 6 nitrogen and oxygen atoms in total. The van der Waals surface area contributed by atoms with Crippen molar-refractivity contribution in [3.63, 3.8) is 0 Å². The topological polar surface area (TPSA) is 69.7 Å². The molecule has 23 heavy (non-hydrogen) atoms. The quantitative estimate of drug-likeness (QED) is 0.780. The molecular weight excluding hydrogens is 321 g/mol. The molecule has 0 unspecified atom stereocenters. The summed E-state index contributed by atoms with van der Waals surface area (Å²) in [7, 11) is -1.11. The molecule has 0 bridgehead atoms. The van der Waals surface area contributed by atoms with Crippen LogP contribution >= 0.6 is 0 Å². The number of hydrogen-bond donors (Lipinski definition) is 1. The molecule has 0 aliphatic rings. The fourth-order valence-corrected chi connectivity index (χ4v) is 3.07. The van der Waals surface area contributed by atoms with Crippen LogP contribution < -0.4 is 9.62 Å². The van der Waals surface area contributed by atoms with E-state index in [0.717, 1.165) is 33.6 Å². The molecule has 0 aliphatic carbocycles. The summed E-state index contributed by atoms with van der Waals surface area (Å²) in [5, 5.41) is 2.80. The highest BCUT2D eigenvalue weighted by atomic mass is 32.2. The minimum Gasteiger partial charge on any atom is -0.352 e. The number of hydrogen-bond acceptors (Lipinski definition) is 3. The molecule has 0 atom stereocenters. The van der Waals surface area contributed by atoms with Gasteiger partial charge in [0.2, 0.25) is 5.91 Å². The number of nitrogens with zero attached hydrogens (tertiary/aromatic N) is 2. The van der Waals surface area contributed by atoms with Gasteiger partial charge in [0, 0.05) is 20.1 Å². The zero-order valence-corrected chi connectivity index (χ0v) is 14.7. The maximum atomic E-state index is 13.1. The molecule has 0 fully saturated rings. The van der Waals surface area contributed by atoms with Crippen molar-refractivity contribution >= 4 is 21.8 Å². The van der Waals surface area contributed by atoms with E-state index in [4.69, 9.17) is 0 Å². The van der Waals surface area contributed by atoms with E-state index in [2.05, 4.69) is 5.32 Å². The van der Waals surface area contributed by atoms with Crippen LogP contribution in [-0.4, -0.2) is 45.3 Å². The first-order valence-electron chi connectivity index (χ1n) is 7.47. The lowest BCUT2D eigenvalue weighted by Gasteiger charge is -2.27. The molecule has 0 saturated heterocycles. The molecule has 0 radical (unpaired) electrons. The summed E-state index contributed by atoms with van der Waals surface area (Å²) in [5.74, 6) is -0.870. The summed E-state index contributed by atoms with van der Waals surface area (Å²) < 4.78 is 40.0. The molecule has 8 heteroatoms. The van der Waals surface area contributed by atoms with E-state index >= 15 is 0 Å². The highest BCUT2D eigenvalue weighted by Crippen LogP contribution is 2.19. The lowest BCUT2D eigenvalue weighted by atomic mass is 10.2. The van der Waals surface area contributed by atoms with Crippen LogP contribution in [0.5, 0.6) is 0 Å². The molecule has 130 valence electrons. The largest absolute Gasteiger partial charge is 0.352 e. The van der Waals surface area contributed by atoms with E-state index in [1.54, 1.807) is 0 Å². The Balaban J connectivity index is 3.06. The normalized spacial score (nSPS) is 11.8. The monoisotopic (exact) mass is 345 g/mol. The Bertz CT molecular complexity index is 613. The molecule has 0 saturated carbocycles. The van der Waals surface area contributed by atoms with Gasteiger partial charge in [-0.3, -0.25) is 4.79 Å². The molecule has 1 aromatic rings. The molecule has 0 heterocycles. The third kappa shape index (κ3) is 5.18. The van der Waals surface area contributed by atoms with E-state index < -0.39 is 21.9 Å². The molecule has 1 aromatic carbocycles. The number of carbonyl (C=O) groups is 1. The van der Waals surface area contributed by atoms with Crippen molar-refractivity contribution in [1.82, 2.24) is 9.62 Å². The van der Waals surface area contributed by atoms with Gasteiger partial charge in [0.05, 0.1) is 5.69 Å². The van der Waals surface area contributed by atoms with Crippen LogP contribution in [0, 0.1) is 5.82 Å². The van der Waals surface area contributed by atoms with Crippen molar-refractivity contribution in [1.29, 1.82) is 0 Å². The van der Waals surface area contributed by atoms with Crippen molar-refractivity contribution < 1.29 is 17.6 Å². The van der Waals surface area contributed by atoms with Gasteiger partial charge in [0.1, 0.15) is 12.4 Å². The second-order valence-electron chi connectivity index (χ2n) is 5.35. The van der Waals surface area contributed by atoms with Crippen molar-refractivity contribution in [2.45, 2.75) is 32.7 Å². The number of halogens is 1. The Morgan fingerprint density at radius 1 is 1.17 bits per heavy atom. The number of nitrogens with one attached hydrogen (secondary N) is 1. The van der Waals surface area contributed by atoms with E-state index in [0.29, 0.717) is 0 Å². The van der Waals surface area contributed by atoms with Gasteiger partial charge in [-0.05, 0) is 37.1 Å². The first-order valence-corrected chi connectivity index (χ1v) is 8.87. The summed E-state index contributed by atoms with van der Waals surface area (Å²) in [6.07, 6.45) is 1.53. The van der Waals surface area contributed by atoms with Gasteiger partial charge in [0.25, 0.3) is 0 Å². The Labute approximate surface area is 137 Å². The van der Waals surface area contributed by atoms with Crippen molar-refractivity contribution in [2.75, 3.05) is 24.9 Å². The first-order chi connectivity index (χ1) is 10.7. The van der Waals surface area contributed by atoms with Crippen LogP contribution in [-0.2, 0) is 15.0 Å². The SMILES string of the molecule is CCC(CC)NC(=O)CN(c1ccc(F)cc1)S(=O)(=O)N(C)C. The average Bonchev–Trinajstić information content (AvgIpc) is 2.51. The van der Waals surface area contributed by atoms with Gasteiger partial charge in [-0.25, -0.2) is 8.70 Å². The predicted octanol–water partition coefficient (Wildman–Crippen LogP) is 1.74. The Morgan fingerprint density at radius 3 is 2.13 bits per heavy atom. The smallest absolute Gasteiger partial charge is 0.304 e. The second kappa shape index (κ2) is 8.26. The first kappa shape index (κ1) is 19.4. The molecule has 0 aromatic heterocycles. The van der Waals surface area contributed by atoms with Crippen molar-refractivity contribution in [3.8, 4) is 0 Å². The van der Waals surface area contributed by atoms with Crippen LogP contribution in [0.3, 0.4) is 0 Å². The van der Waals surface area contributed by atoms with Gasteiger partial charge in [0.15, 0.2) is 0 Å². The summed E-state index contributed by atoms with van der Waals surface area (Å²) in [4.78, 5) is 12.2. The fourth-order valence-electron chi connectivity index (χ4n) is 2.01. The summed E-state index contributed by atoms with van der Waals surface area (Å²) in [6, 6.07) is 4.99. The van der Waals surface area contributed by atoms with E-state index in [1.807, 2.05) is 13.8 Å². The minimum absolute atomic E-state index is 0.000344. The number of rotatable bonds is 8. The summed E-state index contributed by atoms with van der Waals surface area (Å²) >= 11 is 0. The molecule has 0 spiro atoms. The number of benzene rings is 1. The van der Waals surface area contributed by atoms with Crippen LogP contribution in [0.15, 0.2) is 24.3 Å². The van der Waals surface area contributed by atoms with Crippen LogP contribution in [0.25, 0.3) is 0 Å².